The summed E-state index contributed by atoms with van der Waals surface area (Å²) >= 11 is 0. The topological polar surface area (TPSA) is 81.2 Å². The van der Waals surface area contributed by atoms with Crippen LogP contribution in [0, 0.1) is 11.6 Å². The molecule has 0 saturated carbocycles. The average Bonchev–Trinajstić information content (AvgIpc) is 2.66. The summed E-state index contributed by atoms with van der Waals surface area (Å²) in [5, 5.41) is 0. The minimum atomic E-state index is -4.19. The highest BCUT2D eigenvalue weighted by Gasteiger charge is 2.20. The van der Waals surface area contributed by atoms with Crippen LogP contribution in [0.15, 0.2) is 59.6 Å². The van der Waals surface area contributed by atoms with Crippen LogP contribution in [0.1, 0.15) is 5.69 Å². The number of sulfonamides is 1. The predicted molar refractivity (Wildman–Crippen MR) is 94.4 cm³/mol. The molecule has 0 atom stereocenters. The maximum absolute atomic E-state index is 13.8. The summed E-state index contributed by atoms with van der Waals surface area (Å²) < 4.78 is 58.8. The van der Waals surface area contributed by atoms with E-state index in [0.717, 1.165) is 12.1 Å². The molecule has 0 bridgehead atoms. The minimum absolute atomic E-state index is 0.212. The first-order chi connectivity index (χ1) is 12.9. The van der Waals surface area contributed by atoms with E-state index in [2.05, 4.69) is 14.7 Å². The van der Waals surface area contributed by atoms with E-state index in [0.29, 0.717) is 28.9 Å². The minimum Gasteiger partial charge on any atom is -0.497 e. The van der Waals surface area contributed by atoms with Gasteiger partial charge < -0.3 is 4.74 Å². The van der Waals surface area contributed by atoms with Gasteiger partial charge in [-0.2, -0.15) is 0 Å². The summed E-state index contributed by atoms with van der Waals surface area (Å²) in [7, 11) is -2.72. The Morgan fingerprint density at radius 2 is 1.89 bits per heavy atom. The third kappa shape index (κ3) is 4.44. The number of aromatic nitrogens is 2. The van der Waals surface area contributed by atoms with Gasteiger partial charge in [0.15, 0.2) is 0 Å². The van der Waals surface area contributed by atoms with Crippen LogP contribution in [0.2, 0.25) is 0 Å². The zero-order chi connectivity index (χ0) is 19.4. The average molecular weight is 391 g/mol. The number of nitrogens with one attached hydrogen (secondary N) is 1. The first-order valence-electron chi connectivity index (χ1n) is 7.80. The standard InChI is InChI=1S/C18H15F2N3O3S/c1-26-14-9-13(23-17(10-14)16-4-2-3-7-21-16)11-22-27(24,25)18-6-5-12(19)8-15(18)20/h2-10,22H,11H2,1H3. The Morgan fingerprint density at radius 1 is 1.07 bits per heavy atom. The molecule has 0 aliphatic rings. The van der Waals surface area contributed by atoms with Crippen molar-refractivity contribution in [2.24, 2.45) is 0 Å². The van der Waals surface area contributed by atoms with Crippen LogP contribution >= 0.6 is 0 Å². The van der Waals surface area contributed by atoms with Crippen LogP contribution in [-0.2, 0) is 16.6 Å². The molecule has 0 radical (unpaired) electrons. The highest BCUT2D eigenvalue weighted by Crippen LogP contribution is 2.22. The molecule has 0 aliphatic heterocycles. The van der Waals surface area contributed by atoms with E-state index in [1.54, 1.807) is 36.5 Å². The fraction of sp³-hybridized carbons (Fsp3) is 0.111. The lowest BCUT2D eigenvalue weighted by Crippen LogP contribution is -2.24. The summed E-state index contributed by atoms with van der Waals surface area (Å²) in [6.45, 7) is -0.212. The number of hydrogen-bond donors (Lipinski definition) is 1. The number of nitrogens with zero attached hydrogens (tertiary/aromatic N) is 2. The number of benzene rings is 1. The second kappa shape index (κ2) is 7.77. The lowest BCUT2D eigenvalue weighted by molar-refractivity contribution is 0.413. The number of halogens is 2. The zero-order valence-electron chi connectivity index (χ0n) is 14.2. The SMILES string of the molecule is COc1cc(CNS(=O)(=O)c2ccc(F)cc2F)nc(-c2ccccn2)c1. The predicted octanol–water partition coefficient (Wildman–Crippen LogP) is 2.91. The van der Waals surface area contributed by atoms with Gasteiger partial charge in [0.05, 0.1) is 30.7 Å². The maximum Gasteiger partial charge on any atom is 0.243 e. The van der Waals surface area contributed by atoms with Gasteiger partial charge in [0.25, 0.3) is 0 Å². The third-order valence-corrected chi connectivity index (χ3v) is 5.08. The number of ether oxygens (including phenoxy) is 1. The van der Waals surface area contributed by atoms with E-state index in [-0.39, 0.29) is 6.54 Å². The number of methoxy groups -OCH3 is 1. The number of pyridine rings is 2. The summed E-state index contributed by atoms with van der Waals surface area (Å²) in [5.74, 6) is -1.57. The van der Waals surface area contributed by atoms with Crippen molar-refractivity contribution < 1.29 is 21.9 Å². The molecule has 2 aromatic heterocycles. The fourth-order valence-electron chi connectivity index (χ4n) is 2.35. The van der Waals surface area contributed by atoms with E-state index in [4.69, 9.17) is 4.74 Å². The van der Waals surface area contributed by atoms with Crippen LogP contribution in [0.25, 0.3) is 11.4 Å². The quantitative estimate of drug-likeness (QED) is 0.699. The van der Waals surface area contributed by atoms with Crippen molar-refractivity contribution in [2.45, 2.75) is 11.4 Å². The van der Waals surface area contributed by atoms with Crippen LogP contribution in [0.4, 0.5) is 8.78 Å². The molecular weight excluding hydrogens is 376 g/mol. The highest BCUT2D eigenvalue weighted by atomic mass is 32.2. The smallest absolute Gasteiger partial charge is 0.243 e. The molecule has 0 spiro atoms. The van der Waals surface area contributed by atoms with Crippen molar-refractivity contribution in [1.82, 2.24) is 14.7 Å². The number of hydrogen-bond acceptors (Lipinski definition) is 5. The molecule has 0 unspecified atom stereocenters. The van der Waals surface area contributed by atoms with Gasteiger partial charge in [-0.1, -0.05) is 6.07 Å². The Bertz CT molecular complexity index is 1060. The van der Waals surface area contributed by atoms with Crippen LogP contribution in [0.5, 0.6) is 5.75 Å². The molecule has 3 aromatic rings. The van der Waals surface area contributed by atoms with Gasteiger partial charge >= 0.3 is 0 Å². The van der Waals surface area contributed by atoms with Gasteiger partial charge in [-0.25, -0.2) is 26.9 Å². The first kappa shape index (κ1) is 18.9. The van der Waals surface area contributed by atoms with Crippen molar-refractivity contribution in [3.8, 4) is 17.1 Å². The summed E-state index contributed by atoms with van der Waals surface area (Å²) in [6.07, 6.45) is 1.61. The molecular formula is C18H15F2N3O3S. The summed E-state index contributed by atoms with van der Waals surface area (Å²) in [4.78, 5) is 7.92. The summed E-state index contributed by atoms with van der Waals surface area (Å²) in [6, 6.07) is 10.8. The number of rotatable bonds is 6. The van der Waals surface area contributed by atoms with E-state index < -0.39 is 26.6 Å². The van der Waals surface area contributed by atoms with Crippen LogP contribution in [-0.4, -0.2) is 25.5 Å². The van der Waals surface area contributed by atoms with E-state index >= 15 is 0 Å². The molecule has 0 saturated heterocycles. The van der Waals surface area contributed by atoms with Gasteiger partial charge in [-0.05, 0) is 24.3 Å². The van der Waals surface area contributed by atoms with Crippen molar-refractivity contribution in [1.29, 1.82) is 0 Å². The van der Waals surface area contributed by atoms with Crippen molar-refractivity contribution >= 4 is 10.0 Å². The molecule has 6 nitrogen and oxygen atoms in total. The molecule has 140 valence electrons. The van der Waals surface area contributed by atoms with E-state index in [1.807, 2.05) is 0 Å². The molecule has 3 rings (SSSR count). The Hall–Kier alpha value is -2.91. The van der Waals surface area contributed by atoms with Crippen molar-refractivity contribution in [3.63, 3.8) is 0 Å². The molecule has 0 amide bonds. The van der Waals surface area contributed by atoms with Crippen molar-refractivity contribution in [2.75, 3.05) is 7.11 Å². The maximum atomic E-state index is 13.8. The molecule has 0 fully saturated rings. The monoisotopic (exact) mass is 391 g/mol. The molecule has 9 heteroatoms. The Balaban J connectivity index is 1.87. The lowest BCUT2D eigenvalue weighted by Gasteiger charge is -2.10. The van der Waals surface area contributed by atoms with E-state index in [1.165, 1.54) is 7.11 Å². The normalized spacial score (nSPS) is 11.4. The zero-order valence-corrected chi connectivity index (χ0v) is 15.0. The third-order valence-electron chi connectivity index (χ3n) is 3.64. The van der Waals surface area contributed by atoms with Gasteiger partial charge in [0, 0.05) is 24.4 Å². The van der Waals surface area contributed by atoms with Gasteiger partial charge in [0.1, 0.15) is 22.3 Å². The largest absolute Gasteiger partial charge is 0.497 e. The second-order valence-electron chi connectivity index (χ2n) is 5.50. The van der Waals surface area contributed by atoms with Crippen LogP contribution in [0.3, 0.4) is 0 Å². The first-order valence-corrected chi connectivity index (χ1v) is 9.28. The van der Waals surface area contributed by atoms with Gasteiger partial charge in [-0.15, -0.1) is 0 Å². The Labute approximate surface area is 154 Å². The van der Waals surface area contributed by atoms with E-state index in [9.17, 15) is 17.2 Å². The Kier molecular flexibility index (Phi) is 5.43. The Morgan fingerprint density at radius 3 is 2.56 bits per heavy atom. The van der Waals surface area contributed by atoms with Crippen molar-refractivity contribution in [3.05, 3.63) is 72.1 Å². The lowest BCUT2D eigenvalue weighted by atomic mass is 10.2. The van der Waals surface area contributed by atoms with Crippen LogP contribution < -0.4 is 9.46 Å². The molecule has 2 heterocycles. The van der Waals surface area contributed by atoms with Gasteiger partial charge in [0.2, 0.25) is 10.0 Å². The molecule has 0 aliphatic carbocycles. The highest BCUT2D eigenvalue weighted by molar-refractivity contribution is 7.89. The molecule has 27 heavy (non-hydrogen) atoms. The fourth-order valence-corrected chi connectivity index (χ4v) is 3.41. The molecule has 1 aromatic carbocycles. The molecule has 1 N–H and O–H groups in total. The summed E-state index contributed by atoms with van der Waals surface area (Å²) in [5.41, 5.74) is 1.43. The second-order valence-corrected chi connectivity index (χ2v) is 7.23. The van der Waals surface area contributed by atoms with Gasteiger partial charge in [-0.3, -0.25) is 4.98 Å².